The summed E-state index contributed by atoms with van der Waals surface area (Å²) in [5.74, 6) is 0.975. The highest BCUT2D eigenvalue weighted by atomic mass is 15.0. The van der Waals surface area contributed by atoms with Gasteiger partial charge in [-0.3, -0.25) is 0 Å². The first kappa shape index (κ1) is 12.7. The predicted molar refractivity (Wildman–Crippen MR) is 82.0 cm³/mol. The number of aryl methyl sites for hydroxylation is 2. The van der Waals surface area contributed by atoms with E-state index in [-0.39, 0.29) is 0 Å². The Bertz CT molecular complexity index is 730. The number of nitrogens with one attached hydrogen (secondary N) is 2. The third kappa shape index (κ3) is 2.50. The van der Waals surface area contributed by atoms with Crippen LogP contribution in [0.3, 0.4) is 0 Å². The molecule has 0 fully saturated rings. The van der Waals surface area contributed by atoms with Crippen LogP contribution in [0.25, 0.3) is 11.2 Å². The summed E-state index contributed by atoms with van der Waals surface area (Å²) >= 11 is 0. The third-order valence-corrected chi connectivity index (χ3v) is 3.47. The summed E-state index contributed by atoms with van der Waals surface area (Å²) in [4.78, 5) is 12.2. The molecule has 0 atom stereocenters. The summed E-state index contributed by atoms with van der Waals surface area (Å²) in [7, 11) is 0. The predicted octanol–water partition coefficient (Wildman–Crippen LogP) is 3.23. The summed E-state index contributed by atoms with van der Waals surface area (Å²) in [6.45, 7) is 5.03. The Kier molecular flexibility index (Phi) is 3.37. The summed E-state index contributed by atoms with van der Waals surface area (Å²) in [6.07, 6.45) is 2.65. The molecule has 3 aromatic rings. The third-order valence-electron chi connectivity index (χ3n) is 3.47. The molecular weight excluding hydrogens is 248 g/mol. The Balaban J connectivity index is 1.68. The molecule has 4 heteroatoms. The number of aromatic amines is 1. The molecule has 0 bridgehead atoms. The fraction of sp³-hybridized carbons (Fsp3) is 0.250. The van der Waals surface area contributed by atoms with Crippen molar-refractivity contribution < 1.29 is 0 Å². The number of H-pyrrole nitrogens is 1. The maximum Gasteiger partial charge on any atom is 0.177 e. The molecule has 2 heterocycles. The molecule has 0 saturated carbocycles. The molecule has 102 valence electrons. The number of rotatable bonds is 4. The van der Waals surface area contributed by atoms with Gasteiger partial charge in [-0.05, 0) is 37.1 Å². The van der Waals surface area contributed by atoms with Gasteiger partial charge in [0.1, 0.15) is 5.82 Å². The van der Waals surface area contributed by atoms with Crippen molar-refractivity contribution in [3.63, 3.8) is 0 Å². The van der Waals surface area contributed by atoms with Crippen molar-refractivity contribution in [2.24, 2.45) is 0 Å². The summed E-state index contributed by atoms with van der Waals surface area (Å²) in [6, 6.07) is 10.3. The molecule has 0 aliphatic carbocycles. The monoisotopic (exact) mass is 266 g/mol. The second-order valence-corrected chi connectivity index (χ2v) is 5.00. The summed E-state index contributed by atoms with van der Waals surface area (Å²) in [5, 5.41) is 3.44. The van der Waals surface area contributed by atoms with Crippen LogP contribution in [0.2, 0.25) is 0 Å². The number of benzene rings is 1. The molecule has 2 N–H and O–H groups in total. The van der Waals surface area contributed by atoms with Gasteiger partial charge < -0.3 is 10.3 Å². The number of imidazole rings is 1. The van der Waals surface area contributed by atoms with Crippen molar-refractivity contribution in [2.75, 3.05) is 11.9 Å². The highest BCUT2D eigenvalue weighted by molar-refractivity contribution is 5.74. The van der Waals surface area contributed by atoms with Crippen LogP contribution >= 0.6 is 0 Å². The van der Waals surface area contributed by atoms with Gasteiger partial charge in [0.2, 0.25) is 0 Å². The molecule has 0 saturated heterocycles. The fourth-order valence-corrected chi connectivity index (χ4v) is 2.29. The molecule has 3 rings (SSSR count). The number of hydrogen-bond acceptors (Lipinski definition) is 3. The minimum Gasteiger partial charge on any atom is -0.384 e. The van der Waals surface area contributed by atoms with Crippen LogP contribution in [0, 0.1) is 13.8 Å². The van der Waals surface area contributed by atoms with E-state index in [1.165, 1.54) is 16.8 Å². The van der Waals surface area contributed by atoms with Crippen LogP contribution in [-0.2, 0) is 6.42 Å². The van der Waals surface area contributed by atoms with Crippen LogP contribution in [-0.4, -0.2) is 21.5 Å². The van der Waals surface area contributed by atoms with Gasteiger partial charge in [-0.15, -0.1) is 0 Å². The molecule has 0 aliphatic heterocycles. The van der Waals surface area contributed by atoms with E-state index in [0.29, 0.717) is 0 Å². The quantitative estimate of drug-likeness (QED) is 0.762. The highest BCUT2D eigenvalue weighted by Gasteiger charge is 2.05. The normalized spacial score (nSPS) is 10.9. The number of hydrogen-bond donors (Lipinski definition) is 2. The molecular formula is C16H18N4. The molecule has 20 heavy (non-hydrogen) atoms. The SMILES string of the molecule is Cc1ccccc1NCCc1nc2nccc(C)c2[nH]1. The Morgan fingerprint density at radius 1 is 1.10 bits per heavy atom. The van der Waals surface area contributed by atoms with Crippen LogP contribution in [0.5, 0.6) is 0 Å². The van der Waals surface area contributed by atoms with E-state index in [0.717, 1.165) is 30.0 Å². The Morgan fingerprint density at radius 3 is 2.75 bits per heavy atom. The zero-order chi connectivity index (χ0) is 13.9. The van der Waals surface area contributed by atoms with Gasteiger partial charge >= 0.3 is 0 Å². The number of nitrogens with zero attached hydrogens (tertiary/aromatic N) is 2. The molecule has 0 amide bonds. The van der Waals surface area contributed by atoms with E-state index in [4.69, 9.17) is 0 Å². The van der Waals surface area contributed by atoms with Crippen LogP contribution in [0.15, 0.2) is 36.5 Å². The molecule has 0 spiro atoms. The first-order valence-corrected chi connectivity index (χ1v) is 6.84. The van der Waals surface area contributed by atoms with Gasteiger partial charge in [0.05, 0.1) is 5.52 Å². The Hall–Kier alpha value is -2.36. The largest absolute Gasteiger partial charge is 0.384 e. The topological polar surface area (TPSA) is 53.6 Å². The first-order valence-electron chi connectivity index (χ1n) is 6.84. The second-order valence-electron chi connectivity index (χ2n) is 5.00. The first-order chi connectivity index (χ1) is 9.74. The van der Waals surface area contributed by atoms with Gasteiger partial charge in [0.15, 0.2) is 5.65 Å². The zero-order valence-electron chi connectivity index (χ0n) is 11.8. The van der Waals surface area contributed by atoms with E-state index in [1.54, 1.807) is 6.20 Å². The number of fused-ring (bicyclic) bond motifs is 1. The van der Waals surface area contributed by atoms with Gasteiger partial charge in [0.25, 0.3) is 0 Å². The van der Waals surface area contributed by atoms with E-state index in [2.05, 4.69) is 46.2 Å². The number of para-hydroxylation sites is 1. The fourth-order valence-electron chi connectivity index (χ4n) is 2.29. The van der Waals surface area contributed by atoms with E-state index < -0.39 is 0 Å². The summed E-state index contributed by atoms with van der Waals surface area (Å²) < 4.78 is 0. The highest BCUT2D eigenvalue weighted by Crippen LogP contribution is 2.15. The zero-order valence-corrected chi connectivity index (χ0v) is 11.8. The maximum absolute atomic E-state index is 4.52. The minimum absolute atomic E-state index is 0.802. The number of anilines is 1. The lowest BCUT2D eigenvalue weighted by atomic mass is 10.2. The van der Waals surface area contributed by atoms with E-state index in [1.807, 2.05) is 18.2 Å². The maximum atomic E-state index is 4.52. The second kappa shape index (κ2) is 5.33. The lowest BCUT2D eigenvalue weighted by Gasteiger charge is -2.07. The molecule has 2 aromatic heterocycles. The van der Waals surface area contributed by atoms with Crippen molar-refractivity contribution in [3.05, 3.63) is 53.5 Å². The molecule has 0 unspecified atom stereocenters. The van der Waals surface area contributed by atoms with Crippen molar-refractivity contribution in [3.8, 4) is 0 Å². The van der Waals surface area contributed by atoms with Gasteiger partial charge in [-0.1, -0.05) is 18.2 Å². The van der Waals surface area contributed by atoms with Crippen LogP contribution in [0.4, 0.5) is 5.69 Å². The van der Waals surface area contributed by atoms with Crippen LogP contribution in [0.1, 0.15) is 17.0 Å². The lowest BCUT2D eigenvalue weighted by Crippen LogP contribution is -2.06. The Labute approximate surface area is 118 Å². The van der Waals surface area contributed by atoms with Gasteiger partial charge in [-0.2, -0.15) is 0 Å². The average Bonchev–Trinajstić information content (AvgIpc) is 2.85. The van der Waals surface area contributed by atoms with Crippen molar-refractivity contribution in [1.29, 1.82) is 0 Å². The van der Waals surface area contributed by atoms with Crippen molar-refractivity contribution in [1.82, 2.24) is 15.0 Å². The standard InChI is InChI=1S/C16H18N4/c1-11-5-3-4-6-13(11)17-10-8-14-19-15-12(2)7-9-18-16(15)20-14/h3-7,9,17H,8,10H2,1-2H3,(H,18,19,20). The molecule has 1 aromatic carbocycles. The van der Waals surface area contributed by atoms with Gasteiger partial charge in [0, 0.05) is 24.8 Å². The van der Waals surface area contributed by atoms with Crippen molar-refractivity contribution >= 4 is 16.9 Å². The van der Waals surface area contributed by atoms with Gasteiger partial charge in [-0.25, -0.2) is 9.97 Å². The minimum atomic E-state index is 0.802. The van der Waals surface area contributed by atoms with Crippen LogP contribution < -0.4 is 5.32 Å². The smallest absolute Gasteiger partial charge is 0.177 e. The van der Waals surface area contributed by atoms with Crippen molar-refractivity contribution in [2.45, 2.75) is 20.3 Å². The average molecular weight is 266 g/mol. The lowest BCUT2D eigenvalue weighted by molar-refractivity contribution is 0.931. The van der Waals surface area contributed by atoms with E-state index >= 15 is 0 Å². The number of aromatic nitrogens is 3. The Morgan fingerprint density at radius 2 is 1.95 bits per heavy atom. The molecule has 0 aliphatic rings. The molecule has 0 radical (unpaired) electrons. The molecule has 4 nitrogen and oxygen atoms in total. The van der Waals surface area contributed by atoms with E-state index in [9.17, 15) is 0 Å². The number of pyridine rings is 1. The summed E-state index contributed by atoms with van der Waals surface area (Å²) in [5.41, 5.74) is 5.46.